The Bertz CT molecular complexity index is 646. The van der Waals surface area contributed by atoms with Crippen molar-refractivity contribution in [3.05, 3.63) is 63.7 Å². The second-order valence-corrected chi connectivity index (χ2v) is 5.66. The third kappa shape index (κ3) is 2.81. The monoisotopic (exact) mass is 360 g/mol. The first kappa shape index (κ1) is 15.3. The molecular weight excluding hydrogens is 350 g/mol. The van der Waals surface area contributed by atoms with Crippen molar-refractivity contribution < 1.29 is 13.5 Å². The van der Waals surface area contributed by atoms with Gasteiger partial charge in [0.2, 0.25) is 0 Å². The summed E-state index contributed by atoms with van der Waals surface area (Å²) < 4.78 is 33.1. The normalized spacial score (nSPS) is 12.3. The Balaban J connectivity index is 2.52. The van der Waals surface area contributed by atoms with Gasteiger partial charge in [-0.15, -0.1) is 0 Å². The Morgan fingerprint density at radius 3 is 2.50 bits per heavy atom. The van der Waals surface area contributed by atoms with E-state index in [1.54, 1.807) is 25.1 Å². The van der Waals surface area contributed by atoms with E-state index in [2.05, 4.69) is 15.9 Å². The van der Waals surface area contributed by atoms with Gasteiger partial charge in [0, 0.05) is 10.6 Å². The molecule has 2 aromatic rings. The molecule has 1 nitrogen and oxygen atoms in total. The predicted molar refractivity (Wildman–Crippen MR) is 79.9 cm³/mol. The van der Waals surface area contributed by atoms with Gasteiger partial charge in [-0.3, -0.25) is 0 Å². The van der Waals surface area contributed by atoms with Gasteiger partial charge in [0.25, 0.3) is 0 Å². The summed E-state index contributed by atoms with van der Waals surface area (Å²) in [4.78, 5) is -0.666. The maximum Gasteiger partial charge on any atom is 0.133 e. The topological polar surface area (TPSA) is 9.23 Å². The number of hydrogen-bond donors (Lipinski definition) is 0. The Kier molecular flexibility index (Phi) is 4.66. The van der Waals surface area contributed by atoms with Gasteiger partial charge in [-0.25, -0.2) is 8.78 Å². The number of rotatable bonds is 3. The lowest BCUT2D eigenvalue weighted by Gasteiger charge is -2.16. The third-order valence-corrected chi connectivity index (χ3v) is 4.33. The fourth-order valence-corrected chi connectivity index (χ4v) is 3.14. The molecule has 0 bridgehead atoms. The number of methoxy groups -OCH3 is 1. The Hall–Kier alpha value is -1.13. The fraction of sp³-hybridized carbons (Fsp3) is 0.200. The van der Waals surface area contributed by atoms with E-state index in [9.17, 15) is 8.78 Å². The molecule has 0 aliphatic heterocycles. The molecular formula is C15H12BrClF2O. The van der Waals surface area contributed by atoms with Gasteiger partial charge >= 0.3 is 0 Å². The summed E-state index contributed by atoms with van der Waals surface area (Å²) in [5.74, 6) is -0.593. The van der Waals surface area contributed by atoms with E-state index >= 15 is 0 Å². The van der Waals surface area contributed by atoms with Crippen molar-refractivity contribution in [1.82, 2.24) is 0 Å². The van der Waals surface area contributed by atoms with E-state index in [0.717, 1.165) is 0 Å². The quantitative estimate of drug-likeness (QED) is 0.663. The number of ether oxygens (including phenoxy) is 1. The first-order valence-corrected chi connectivity index (χ1v) is 7.17. The summed E-state index contributed by atoms with van der Waals surface area (Å²) in [5.41, 5.74) is 0.920. The first-order valence-electron chi connectivity index (χ1n) is 5.87. The highest BCUT2D eigenvalue weighted by molar-refractivity contribution is 9.09. The van der Waals surface area contributed by atoms with Crippen LogP contribution in [0.15, 0.2) is 30.3 Å². The highest BCUT2D eigenvalue weighted by Crippen LogP contribution is 2.39. The zero-order chi connectivity index (χ0) is 14.9. The molecule has 0 aliphatic rings. The van der Waals surface area contributed by atoms with E-state index in [1.807, 2.05) is 0 Å². The second-order valence-electron chi connectivity index (χ2n) is 4.34. The molecule has 106 valence electrons. The molecule has 0 N–H and O–H groups in total. The SMILES string of the molecule is COc1ccc(C(Br)c2c(F)ccc(C)c2F)c(Cl)c1. The minimum atomic E-state index is -0.666. The molecule has 2 rings (SSSR count). The number of benzene rings is 2. The van der Waals surface area contributed by atoms with Crippen LogP contribution in [0.3, 0.4) is 0 Å². The third-order valence-electron chi connectivity index (χ3n) is 3.05. The Morgan fingerprint density at radius 2 is 1.90 bits per heavy atom. The van der Waals surface area contributed by atoms with E-state index in [0.29, 0.717) is 21.9 Å². The van der Waals surface area contributed by atoms with Crippen LogP contribution in [0, 0.1) is 18.6 Å². The molecule has 0 amide bonds. The standard InChI is InChI=1S/C15H12BrClF2O/c1-8-3-6-12(18)13(15(8)19)14(16)10-5-4-9(20-2)7-11(10)17/h3-7,14H,1-2H3. The van der Waals surface area contributed by atoms with E-state index in [-0.39, 0.29) is 5.56 Å². The van der Waals surface area contributed by atoms with Crippen molar-refractivity contribution in [2.75, 3.05) is 7.11 Å². The van der Waals surface area contributed by atoms with Crippen LogP contribution in [0.4, 0.5) is 8.78 Å². The van der Waals surface area contributed by atoms with Gasteiger partial charge in [-0.05, 0) is 36.2 Å². The molecule has 0 fully saturated rings. The average Bonchev–Trinajstić information content (AvgIpc) is 2.43. The number of halogens is 4. The molecule has 0 aliphatic carbocycles. The zero-order valence-electron chi connectivity index (χ0n) is 10.9. The molecule has 0 spiro atoms. The summed E-state index contributed by atoms with van der Waals surface area (Å²) in [7, 11) is 1.52. The molecule has 5 heteroatoms. The average molecular weight is 362 g/mol. The summed E-state index contributed by atoms with van der Waals surface area (Å²) in [6, 6.07) is 7.64. The van der Waals surface area contributed by atoms with Gasteiger partial charge in [-0.1, -0.05) is 39.7 Å². The molecule has 0 heterocycles. The van der Waals surface area contributed by atoms with Gasteiger partial charge in [0.05, 0.1) is 11.9 Å². The van der Waals surface area contributed by atoms with E-state index in [1.165, 1.54) is 19.2 Å². The van der Waals surface area contributed by atoms with Gasteiger partial charge < -0.3 is 4.74 Å². The van der Waals surface area contributed by atoms with Gasteiger partial charge in [0.15, 0.2) is 0 Å². The summed E-state index contributed by atoms with van der Waals surface area (Å²) in [5, 5.41) is 0.381. The van der Waals surface area contributed by atoms with Crippen LogP contribution in [0.5, 0.6) is 5.75 Å². The molecule has 0 aromatic heterocycles. The molecule has 20 heavy (non-hydrogen) atoms. The number of aryl methyl sites for hydroxylation is 1. The molecule has 1 unspecified atom stereocenters. The van der Waals surface area contributed by atoms with Crippen molar-refractivity contribution in [3.63, 3.8) is 0 Å². The molecule has 0 radical (unpaired) electrons. The minimum absolute atomic E-state index is 0.0444. The number of hydrogen-bond acceptors (Lipinski definition) is 1. The van der Waals surface area contributed by atoms with E-state index in [4.69, 9.17) is 16.3 Å². The molecule has 2 aromatic carbocycles. The maximum absolute atomic E-state index is 14.1. The molecule has 0 saturated heterocycles. The fourth-order valence-electron chi connectivity index (χ4n) is 1.91. The number of alkyl halides is 1. The van der Waals surface area contributed by atoms with Crippen molar-refractivity contribution >= 4 is 27.5 Å². The van der Waals surface area contributed by atoms with Crippen molar-refractivity contribution in [2.45, 2.75) is 11.8 Å². The summed E-state index contributed by atoms with van der Waals surface area (Å²) >= 11 is 9.46. The maximum atomic E-state index is 14.1. The zero-order valence-corrected chi connectivity index (χ0v) is 13.2. The summed E-state index contributed by atoms with van der Waals surface area (Å²) in [6.07, 6.45) is 0. The van der Waals surface area contributed by atoms with Crippen molar-refractivity contribution in [3.8, 4) is 5.75 Å². The van der Waals surface area contributed by atoms with Crippen LogP contribution in [-0.2, 0) is 0 Å². The lowest BCUT2D eigenvalue weighted by Crippen LogP contribution is -2.03. The summed E-state index contributed by atoms with van der Waals surface area (Å²) in [6.45, 7) is 1.59. The highest BCUT2D eigenvalue weighted by atomic mass is 79.9. The Labute approximate surface area is 129 Å². The van der Waals surface area contributed by atoms with Crippen LogP contribution in [0.1, 0.15) is 21.5 Å². The van der Waals surface area contributed by atoms with Gasteiger partial charge in [0.1, 0.15) is 17.4 Å². The van der Waals surface area contributed by atoms with Crippen LogP contribution >= 0.6 is 27.5 Å². The molecule has 1 atom stereocenters. The minimum Gasteiger partial charge on any atom is -0.497 e. The second kappa shape index (κ2) is 6.10. The van der Waals surface area contributed by atoms with Crippen LogP contribution in [-0.4, -0.2) is 7.11 Å². The van der Waals surface area contributed by atoms with Crippen molar-refractivity contribution in [2.24, 2.45) is 0 Å². The van der Waals surface area contributed by atoms with Crippen LogP contribution in [0.2, 0.25) is 5.02 Å². The van der Waals surface area contributed by atoms with Crippen molar-refractivity contribution in [1.29, 1.82) is 0 Å². The van der Waals surface area contributed by atoms with Gasteiger partial charge in [-0.2, -0.15) is 0 Å². The Morgan fingerprint density at radius 1 is 1.20 bits per heavy atom. The first-order chi connectivity index (χ1) is 9.45. The lowest BCUT2D eigenvalue weighted by atomic mass is 10.0. The predicted octanol–water partition coefficient (Wildman–Crippen LogP) is 5.42. The largest absolute Gasteiger partial charge is 0.497 e. The smallest absolute Gasteiger partial charge is 0.133 e. The lowest BCUT2D eigenvalue weighted by molar-refractivity contribution is 0.414. The van der Waals surface area contributed by atoms with Crippen LogP contribution < -0.4 is 4.74 Å². The molecule has 0 saturated carbocycles. The van der Waals surface area contributed by atoms with Crippen LogP contribution in [0.25, 0.3) is 0 Å². The van der Waals surface area contributed by atoms with E-state index < -0.39 is 16.5 Å². The highest BCUT2D eigenvalue weighted by Gasteiger charge is 2.22.